The van der Waals surface area contributed by atoms with E-state index in [0.29, 0.717) is 5.41 Å². The van der Waals surface area contributed by atoms with Gasteiger partial charge in [0.25, 0.3) is 0 Å². The topological polar surface area (TPSA) is 0 Å². The summed E-state index contributed by atoms with van der Waals surface area (Å²) >= 11 is 0. The van der Waals surface area contributed by atoms with E-state index in [2.05, 4.69) is 39.5 Å². The van der Waals surface area contributed by atoms with E-state index in [1.54, 1.807) is 0 Å². The smallest absolute Gasteiger partial charge is 0.00662 e. The summed E-state index contributed by atoms with van der Waals surface area (Å²) in [5.41, 5.74) is 5.33. The molecule has 0 heteroatoms. The highest BCUT2D eigenvalue weighted by Crippen LogP contribution is 2.42. The van der Waals surface area contributed by atoms with Crippen molar-refractivity contribution in [3.8, 4) is 0 Å². The van der Waals surface area contributed by atoms with Gasteiger partial charge in [-0.2, -0.15) is 0 Å². The normalized spacial score (nSPS) is 28.0. The van der Waals surface area contributed by atoms with Crippen molar-refractivity contribution in [2.75, 3.05) is 0 Å². The van der Waals surface area contributed by atoms with Crippen LogP contribution in [0.15, 0.2) is 17.4 Å². The summed E-state index contributed by atoms with van der Waals surface area (Å²) in [6, 6.07) is 0. The van der Waals surface area contributed by atoms with Crippen LogP contribution in [0.2, 0.25) is 0 Å². The SMILES string of the molecule is CC=C=C1[C@@H](C)CCCC1(C)C. The van der Waals surface area contributed by atoms with Crippen LogP contribution in [0, 0.1) is 11.3 Å². The maximum absolute atomic E-state index is 3.42. The maximum atomic E-state index is 3.42. The molecule has 0 aromatic rings. The molecule has 1 rings (SSSR count). The lowest BCUT2D eigenvalue weighted by molar-refractivity contribution is 0.290. The summed E-state index contributed by atoms with van der Waals surface area (Å²) in [7, 11) is 0. The van der Waals surface area contributed by atoms with Gasteiger partial charge < -0.3 is 0 Å². The zero-order valence-electron chi connectivity index (χ0n) is 8.78. The van der Waals surface area contributed by atoms with Crippen LogP contribution in [-0.2, 0) is 0 Å². The second kappa shape index (κ2) is 3.49. The minimum Gasteiger partial charge on any atom is -0.126 e. The first-order valence-corrected chi connectivity index (χ1v) is 4.99. The first-order valence-electron chi connectivity index (χ1n) is 4.99. The number of hydrogen-bond acceptors (Lipinski definition) is 0. The molecular weight excluding hydrogens is 144 g/mol. The fraction of sp³-hybridized carbons (Fsp3) is 0.750. The van der Waals surface area contributed by atoms with Crippen LogP contribution in [0.25, 0.3) is 0 Å². The van der Waals surface area contributed by atoms with Crippen molar-refractivity contribution in [3.05, 3.63) is 17.4 Å². The fourth-order valence-electron chi connectivity index (χ4n) is 2.29. The van der Waals surface area contributed by atoms with Gasteiger partial charge in [0.1, 0.15) is 0 Å². The summed E-state index contributed by atoms with van der Waals surface area (Å²) in [6.45, 7) is 9.07. The van der Waals surface area contributed by atoms with Gasteiger partial charge in [-0.25, -0.2) is 0 Å². The van der Waals surface area contributed by atoms with Crippen molar-refractivity contribution >= 4 is 0 Å². The zero-order chi connectivity index (χ0) is 9.19. The molecule has 0 bridgehead atoms. The Morgan fingerprint density at radius 3 is 2.67 bits per heavy atom. The Balaban J connectivity index is 2.97. The third-order valence-corrected chi connectivity index (χ3v) is 2.96. The molecule has 0 nitrogen and oxygen atoms in total. The molecule has 1 atom stereocenters. The summed E-state index contributed by atoms with van der Waals surface area (Å²) < 4.78 is 0. The Bertz CT molecular complexity index is 214. The molecule has 0 aromatic heterocycles. The van der Waals surface area contributed by atoms with E-state index < -0.39 is 0 Å². The van der Waals surface area contributed by atoms with Crippen LogP contribution in [0.1, 0.15) is 47.0 Å². The van der Waals surface area contributed by atoms with Crippen molar-refractivity contribution in [1.82, 2.24) is 0 Å². The minimum absolute atomic E-state index is 0.393. The molecule has 0 aromatic carbocycles. The predicted octanol–water partition coefficient (Wildman–Crippen LogP) is 3.93. The Hall–Kier alpha value is -0.480. The molecule has 0 amide bonds. The fourth-order valence-corrected chi connectivity index (χ4v) is 2.29. The summed E-state index contributed by atoms with van der Waals surface area (Å²) in [6.07, 6.45) is 6.11. The van der Waals surface area contributed by atoms with Crippen molar-refractivity contribution in [3.63, 3.8) is 0 Å². The highest BCUT2D eigenvalue weighted by atomic mass is 14.3. The van der Waals surface area contributed by atoms with Gasteiger partial charge in [-0.05, 0) is 42.7 Å². The van der Waals surface area contributed by atoms with Gasteiger partial charge in [0, 0.05) is 0 Å². The van der Waals surface area contributed by atoms with E-state index in [0.717, 1.165) is 5.92 Å². The quantitative estimate of drug-likeness (QED) is 0.476. The van der Waals surface area contributed by atoms with Gasteiger partial charge in [0.15, 0.2) is 0 Å². The zero-order valence-corrected chi connectivity index (χ0v) is 8.78. The van der Waals surface area contributed by atoms with Gasteiger partial charge in [-0.15, -0.1) is 5.73 Å². The molecule has 68 valence electrons. The summed E-state index contributed by atoms with van der Waals surface area (Å²) in [5.74, 6) is 0.741. The van der Waals surface area contributed by atoms with Crippen molar-refractivity contribution in [1.29, 1.82) is 0 Å². The Morgan fingerprint density at radius 2 is 2.17 bits per heavy atom. The van der Waals surface area contributed by atoms with Crippen LogP contribution in [0.3, 0.4) is 0 Å². The lowest BCUT2D eigenvalue weighted by Crippen LogP contribution is -2.24. The van der Waals surface area contributed by atoms with Crippen LogP contribution in [0.4, 0.5) is 0 Å². The molecule has 0 spiro atoms. The van der Waals surface area contributed by atoms with E-state index in [4.69, 9.17) is 0 Å². The monoisotopic (exact) mass is 164 g/mol. The average Bonchev–Trinajstić information content (AvgIpc) is 1.97. The lowest BCUT2D eigenvalue weighted by Gasteiger charge is -2.35. The van der Waals surface area contributed by atoms with Crippen LogP contribution in [-0.4, -0.2) is 0 Å². The molecule has 1 fully saturated rings. The largest absolute Gasteiger partial charge is 0.126 e. The van der Waals surface area contributed by atoms with Crippen LogP contribution in [0.5, 0.6) is 0 Å². The van der Waals surface area contributed by atoms with Gasteiger partial charge in [-0.1, -0.05) is 27.2 Å². The average molecular weight is 164 g/mol. The molecule has 1 aliphatic carbocycles. The first-order chi connectivity index (χ1) is 5.58. The van der Waals surface area contributed by atoms with E-state index in [1.165, 1.54) is 24.8 Å². The number of rotatable bonds is 0. The molecule has 0 N–H and O–H groups in total. The third kappa shape index (κ3) is 1.81. The molecule has 0 heterocycles. The molecular formula is C12H20. The lowest BCUT2D eigenvalue weighted by atomic mass is 9.69. The van der Waals surface area contributed by atoms with Gasteiger partial charge >= 0.3 is 0 Å². The Labute approximate surface area is 76.4 Å². The third-order valence-electron chi connectivity index (χ3n) is 2.96. The van der Waals surface area contributed by atoms with E-state index in [1.807, 2.05) is 0 Å². The first kappa shape index (κ1) is 9.61. The van der Waals surface area contributed by atoms with Crippen molar-refractivity contribution < 1.29 is 0 Å². The highest BCUT2D eigenvalue weighted by Gasteiger charge is 2.30. The second-order valence-electron chi connectivity index (χ2n) is 4.52. The minimum atomic E-state index is 0.393. The van der Waals surface area contributed by atoms with E-state index in [9.17, 15) is 0 Å². The van der Waals surface area contributed by atoms with Gasteiger partial charge in [0.05, 0.1) is 0 Å². The van der Waals surface area contributed by atoms with E-state index in [-0.39, 0.29) is 0 Å². The van der Waals surface area contributed by atoms with Crippen LogP contribution >= 0.6 is 0 Å². The standard InChI is InChI=1S/C12H20/c1-5-7-11-10(2)8-6-9-12(11,3)4/h5,10H,6,8-9H2,1-4H3/t7?,10-/m0/s1. The molecule has 1 saturated carbocycles. The van der Waals surface area contributed by atoms with Crippen molar-refractivity contribution in [2.24, 2.45) is 11.3 Å². The van der Waals surface area contributed by atoms with Crippen LogP contribution < -0.4 is 0 Å². The second-order valence-corrected chi connectivity index (χ2v) is 4.52. The number of hydrogen-bond donors (Lipinski definition) is 0. The number of allylic oxidation sites excluding steroid dienone is 1. The molecule has 1 aliphatic rings. The molecule has 12 heavy (non-hydrogen) atoms. The predicted molar refractivity (Wildman–Crippen MR) is 54.1 cm³/mol. The Morgan fingerprint density at radius 1 is 1.50 bits per heavy atom. The highest BCUT2D eigenvalue weighted by molar-refractivity contribution is 5.16. The maximum Gasteiger partial charge on any atom is -0.00662 e. The Kier molecular flexibility index (Phi) is 2.80. The van der Waals surface area contributed by atoms with Crippen molar-refractivity contribution in [2.45, 2.75) is 47.0 Å². The molecule has 0 aliphatic heterocycles. The molecule has 0 saturated heterocycles. The molecule has 0 unspecified atom stereocenters. The summed E-state index contributed by atoms with van der Waals surface area (Å²) in [5, 5.41) is 0. The van der Waals surface area contributed by atoms with Gasteiger partial charge in [-0.3, -0.25) is 0 Å². The van der Waals surface area contributed by atoms with Gasteiger partial charge in [0.2, 0.25) is 0 Å². The molecule has 0 radical (unpaired) electrons. The van der Waals surface area contributed by atoms with E-state index >= 15 is 0 Å². The summed E-state index contributed by atoms with van der Waals surface area (Å²) in [4.78, 5) is 0.